The van der Waals surface area contributed by atoms with Gasteiger partial charge in [-0.2, -0.15) is 13.2 Å². The molecule has 0 heterocycles. The Hall–Kier alpha value is -1.02. The Morgan fingerprint density at radius 3 is 2.50 bits per heavy atom. The van der Waals surface area contributed by atoms with Crippen LogP contribution in [0.4, 0.5) is 13.2 Å². The van der Waals surface area contributed by atoms with Crippen LogP contribution in [-0.4, -0.2) is 70.0 Å². The van der Waals surface area contributed by atoms with Crippen molar-refractivity contribution in [3.05, 3.63) is 0 Å². The van der Waals surface area contributed by atoms with Crippen molar-refractivity contribution < 1.29 is 17.9 Å². The highest BCUT2D eigenvalue weighted by atomic mass is 19.4. The molecule has 0 saturated heterocycles. The van der Waals surface area contributed by atoms with Gasteiger partial charge >= 0.3 is 6.18 Å². The molecule has 0 aliphatic heterocycles. The van der Waals surface area contributed by atoms with Gasteiger partial charge in [-0.3, -0.25) is 9.89 Å². The van der Waals surface area contributed by atoms with Crippen molar-refractivity contribution in [2.24, 2.45) is 4.99 Å². The van der Waals surface area contributed by atoms with E-state index in [4.69, 9.17) is 4.74 Å². The number of guanidine groups is 1. The van der Waals surface area contributed by atoms with E-state index in [9.17, 15) is 13.2 Å². The monoisotopic (exact) mass is 298 g/mol. The van der Waals surface area contributed by atoms with Crippen LogP contribution in [0, 0.1) is 0 Å². The zero-order valence-electron chi connectivity index (χ0n) is 12.4. The maximum atomic E-state index is 12.1. The Labute approximate surface area is 118 Å². The van der Waals surface area contributed by atoms with E-state index in [2.05, 4.69) is 15.6 Å². The maximum absolute atomic E-state index is 12.1. The molecule has 8 heteroatoms. The van der Waals surface area contributed by atoms with Gasteiger partial charge < -0.3 is 15.4 Å². The fourth-order valence-corrected chi connectivity index (χ4v) is 1.45. The summed E-state index contributed by atoms with van der Waals surface area (Å²) in [6, 6.07) is 0. The molecule has 0 bridgehead atoms. The van der Waals surface area contributed by atoms with Crippen molar-refractivity contribution in [3.63, 3.8) is 0 Å². The molecule has 0 rings (SSSR count). The van der Waals surface area contributed by atoms with Gasteiger partial charge in [0.15, 0.2) is 5.96 Å². The molecule has 0 fully saturated rings. The Bertz CT molecular complexity index is 272. The van der Waals surface area contributed by atoms with E-state index in [1.54, 1.807) is 0 Å². The van der Waals surface area contributed by atoms with Crippen LogP contribution in [0.1, 0.15) is 13.8 Å². The number of likely N-dealkylation sites (N-methyl/N-ethyl adjacent to an activating group) is 1. The molecular weight excluding hydrogens is 273 g/mol. The first kappa shape index (κ1) is 19.0. The zero-order chi connectivity index (χ0) is 15.4. The second kappa shape index (κ2) is 10.7. The van der Waals surface area contributed by atoms with Crippen molar-refractivity contribution in [1.29, 1.82) is 0 Å². The minimum Gasteiger partial charge on any atom is -0.380 e. The molecular formula is C12H25F3N4O. The molecule has 120 valence electrons. The second-order valence-electron chi connectivity index (χ2n) is 4.24. The highest BCUT2D eigenvalue weighted by molar-refractivity contribution is 5.79. The van der Waals surface area contributed by atoms with E-state index in [1.807, 2.05) is 13.8 Å². The van der Waals surface area contributed by atoms with Gasteiger partial charge in [0.2, 0.25) is 0 Å². The predicted octanol–water partition coefficient (Wildman–Crippen LogP) is 1.07. The maximum Gasteiger partial charge on any atom is 0.401 e. The average Bonchev–Trinajstić information content (AvgIpc) is 2.32. The zero-order valence-corrected chi connectivity index (χ0v) is 12.4. The van der Waals surface area contributed by atoms with Crippen molar-refractivity contribution in [3.8, 4) is 0 Å². The normalized spacial score (nSPS) is 12.8. The SMILES string of the molecule is CCNC(=NCCN(C)CC(F)(F)F)NCCOCC. The highest BCUT2D eigenvalue weighted by Crippen LogP contribution is 2.15. The lowest BCUT2D eigenvalue weighted by atomic mass is 10.5. The van der Waals surface area contributed by atoms with E-state index in [-0.39, 0.29) is 6.54 Å². The van der Waals surface area contributed by atoms with Gasteiger partial charge in [0.1, 0.15) is 0 Å². The summed E-state index contributed by atoms with van der Waals surface area (Å²) in [5, 5.41) is 6.07. The van der Waals surface area contributed by atoms with E-state index < -0.39 is 12.7 Å². The van der Waals surface area contributed by atoms with E-state index >= 15 is 0 Å². The van der Waals surface area contributed by atoms with Gasteiger partial charge in [0.25, 0.3) is 0 Å². The number of hydrogen-bond donors (Lipinski definition) is 2. The van der Waals surface area contributed by atoms with Gasteiger partial charge in [-0.1, -0.05) is 0 Å². The Balaban J connectivity index is 4.00. The summed E-state index contributed by atoms with van der Waals surface area (Å²) in [5.74, 6) is 0.590. The molecule has 0 aliphatic carbocycles. The predicted molar refractivity (Wildman–Crippen MR) is 74.0 cm³/mol. The molecule has 0 saturated carbocycles. The van der Waals surface area contributed by atoms with Gasteiger partial charge in [-0.05, 0) is 20.9 Å². The second-order valence-corrected chi connectivity index (χ2v) is 4.24. The Morgan fingerprint density at radius 1 is 1.25 bits per heavy atom. The molecule has 0 aromatic heterocycles. The van der Waals surface area contributed by atoms with Crippen LogP contribution < -0.4 is 10.6 Å². The van der Waals surface area contributed by atoms with Crippen LogP contribution in [0.25, 0.3) is 0 Å². The number of ether oxygens (including phenoxy) is 1. The molecule has 0 aromatic rings. The summed E-state index contributed by atoms with van der Waals surface area (Å²) >= 11 is 0. The molecule has 0 spiro atoms. The van der Waals surface area contributed by atoms with Gasteiger partial charge in [-0.15, -0.1) is 0 Å². The fraction of sp³-hybridized carbons (Fsp3) is 0.917. The standard InChI is InChI=1S/C12H25F3N4O/c1-4-16-11(18-7-9-20-5-2)17-6-8-19(3)10-12(13,14)15/h4-10H2,1-3H3,(H2,16,17,18). The largest absolute Gasteiger partial charge is 0.401 e. The first-order valence-corrected chi connectivity index (χ1v) is 6.74. The van der Waals surface area contributed by atoms with E-state index in [0.29, 0.717) is 38.8 Å². The number of rotatable bonds is 9. The Kier molecular flexibility index (Phi) is 10.2. The van der Waals surface area contributed by atoms with Crippen molar-refractivity contribution in [1.82, 2.24) is 15.5 Å². The van der Waals surface area contributed by atoms with Crippen molar-refractivity contribution >= 4 is 5.96 Å². The quantitative estimate of drug-likeness (QED) is 0.380. The fourth-order valence-electron chi connectivity index (χ4n) is 1.45. The first-order valence-electron chi connectivity index (χ1n) is 6.74. The molecule has 0 atom stereocenters. The Morgan fingerprint density at radius 2 is 1.95 bits per heavy atom. The van der Waals surface area contributed by atoms with Crippen LogP contribution in [0.5, 0.6) is 0 Å². The lowest BCUT2D eigenvalue weighted by Crippen LogP contribution is -2.40. The summed E-state index contributed by atoms with van der Waals surface area (Å²) in [6.45, 7) is 5.99. The number of alkyl halides is 3. The summed E-state index contributed by atoms with van der Waals surface area (Å²) in [7, 11) is 1.43. The molecule has 0 aliphatic rings. The number of nitrogens with zero attached hydrogens (tertiary/aromatic N) is 2. The van der Waals surface area contributed by atoms with Gasteiger partial charge in [0, 0.05) is 26.2 Å². The third kappa shape index (κ3) is 12.0. The number of halogens is 3. The van der Waals surface area contributed by atoms with Crippen LogP contribution in [-0.2, 0) is 4.74 Å². The molecule has 0 unspecified atom stereocenters. The van der Waals surface area contributed by atoms with Gasteiger partial charge in [-0.25, -0.2) is 0 Å². The number of nitrogens with one attached hydrogen (secondary N) is 2. The topological polar surface area (TPSA) is 48.9 Å². The summed E-state index contributed by atoms with van der Waals surface area (Å²) in [5.41, 5.74) is 0. The molecule has 2 N–H and O–H groups in total. The molecule has 5 nitrogen and oxygen atoms in total. The van der Waals surface area contributed by atoms with Crippen molar-refractivity contribution in [2.45, 2.75) is 20.0 Å². The molecule has 0 radical (unpaired) electrons. The number of aliphatic imine (C=N–C) groups is 1. The molecule has 0 amide bonds. The van der Waals surface area contributed by atoms with Gasteiger partial charge in [0.05, 0.1) is 19.7 Å². The van der Waals surface area contributed by atoms with E-state index in [1.165, 1.54) is 11.9 Å². The van der Waals surface area contributed by atoms with E-state index in [0.717, 1.165) is 0 Å². The summed E-state index contributed by atoms with van der Waals surface area (Å²) in [6.07, 6.45) is -4.17. The minimum atomic E-state index is -4.17. The first-order chi connectivity index (χ1) is 9.39. The highest BCUT2D eigenvalue weighted by Gasteiger charge is 2.28. The summed E-state index contributed by atoms with van der Waals surface area (Å²) in [4.78, 5) is 5.41. The smallest absolute Gasteiger partial charge is 0.380 e. The van der Waals surface area contributed by atoms with Crippen LogP contribution >= 0.6 is 0 Å². The average molecular weight is 298 g/mol. The minimum absolute atomic E-state index is 0.252. The third-order valence-corrected chi connectivity index (χ3v) is 2.29. The number of hydrogen-bond acceptors (Lipinski definition) is 3. The molecule has 0 aromatic carbocycles. The van der Waals surface area contributed by atoms with Crippen LogP contribution in [0.2, 0.25) is 0 Å². The lowest BCUT2D eigenvalue weighted by molar-refractivity contribution is -0.142. The van der Waals surface area contributed by atoms with Crippen LogP contribution in [0.3, 0.4) is 0 Å². The van der Waals surface area contributed by atoms with Crippen molar-refractivity contribution in [2.75, 3.05) is 53.0 Å². The molecule has 20 heavy (non-hydrogen) atoms. The lowest BCUT2D eigenvalue weighted by Gasteiger charge is -2.17. The third-order valence-electron chi connectivity index (χ3n) is 2.29. The summed E-state index contributed by atoms with van der Waals surface area (Å²) < 4.78 is 41.6. The van der Waals surface area contributed by atoms with Crippen LogP contribution in [0.15, 0.2) is 4.99 Å².